The zero-order valence-corrected chi connectivity index (χ0v) is 17.0. The number of alkyl halides is 3. The number of thioether (sulfide) groups is 1. The summed E-state index contributed by atoms with van der Waals surface area (Å²) >= 11 is 0.337. The Morgan fingerprint density at radius 1 is 1.31 bits per heavy atom. The molecule has 0 bridgehead atoms. The van der Waals surface area contributed by atoms with E-state index in [9.17, 15) is 23.9 Å². The van der Waals surface area contributed by atoms with Crippen molar-refractivity contribution in [1.82, 2.24) is 0 Å². The molecule has 3 saturated carbocycles. The van der Waals surface area contributed by atoms with E-state index in [4.69, 9.17) is 0 Å². The Morgan fingerprint density at radius 3 is 2.66 bits per heavy atom. The highest BCUT2D eigenvalue weighted by molar-refractivity contribution is 8.13. The van der Waals surface area contributed by atoms with Gasteiger partial charge in [0.15, 0.2) is 17.2 Å². The Labute approximate surface area is 171 Å². The molecule has 4 aliphatic rings. The van der Waals surface area contributed by atoms with Crippen LogP contribution in [0.25, 0.3) is 0 Å². The second-order valence-corrected chi connectivity index (χ2v) is 10.0. The van der Waals surface area contributed by atoms with Gasteiger partial charge in [0, 0.05) is 17.8 Å². The third-order valence-electron chi connectivity index (χ3n) is 8.07. The molecule has 0 aliphatic heterocycles. The summed E-state index contributed by atoms with van der Waals surface area (Å²) in [5.74, 6) is -2.93. The van der Waals surface area contributed by atoms with Crippen LogP contribution in [0, 0.1) is 22.7 Å². The highest BCUT2D eigenvalue weighted by Crippen LogP contribution is 2.69. The van der Waals surface area contributed by atoms with Crippen LogP contribution in [0.2, 0.25) is 0 Å². The SMILES string of the molecule is C[C@]12C=CC(=O)C=C1[C@@H](F)C[C@H]1[C@@H]3CC[C@](O)(C(=O)SCF)[C@@]3(C)CC(=O)[C@@]12F. The molecule has 4 aliphatic carbocycles. The minimum Gasteiger partial charge on any atom is -0.381 e. The van der Waals surface area contributed by atoms with E-state index >= 15 is 8.78 Å². The zero-order valence-electron chi connectivity index (χ0n) is 16.2. The van der Waals surface area contributed by atoms with E-state index in [0.29, 0.717) is 11.8 Å². The van der Waals surface area contributed by atoms with Gasteiger partial charge in [-0.3, -0.25) is 14.4 Å². The van der Waals surface area contributed by atoms with E-state index in [1.807, 2.05) is 0 Å². The molecule has 0 spiro atoms. The van der Waals surface area contributed by atoms with Crippen molar-refractivity contribution in [2.24, 2.45) is 22.7 Å². The van der Waals surface area contributed by atoms with Crippen molar-refractivity contribution >= 4 is 28.4 Å². The average molecular weight is 428 g/mol. The topological polar surface area (TPSA) is 71.4 Å². The Kier molecular flexibility index (Phi) is 4.53. The highest BCUT2D eigenvalue weighted by Gasteiger charge is 2.75. The van der Waals surface area contributed by atoms with E-state index in [1.54, 1.807) is 6.92 Å². The smallest absolute Gasteiger partial charge is 0.223 e. The van der Waals surface area contributed by atoms with Gasteiger partial charge in [0.05, 0.1) is 5.41 Å². The number of ketones is 2. The van der Waals surface area contributed by atoms with Crippen molar-refractivity contribution in [3.8, 4) is 0 Å². The second-order valence-electron chi connectivity index (χ2n) is 9.12. The summed E-state index contributed by atoms with van der Waals surface area (Å²) in [5, 5.41) is 10.4. The third-order valence-corrected chi connectivity index (χ3v) is 8.78. The van der Waals surface area contributed by atoms with Crippen LogP contribution in [0.1, 0.15) is 39.5 Å². The number of carbonyl (C=O) groups excluding carboxylic acids is 3. The number of aliphatic hydroxyl groups is 1. The van der Waals surface area contributed by atoms with Gasteiger partial charge in [0.1, 0.15) is 17.8 Å². The van der Waals surface area contributed by atoms with Gasteiger partial charge in [-0.25, -0.2) is 13.2 Å². The lowest BCUT2D eigenvalue weighted by Crippen LogP contribution is -2.68. The number of fused-ring (bicyclic) bond motifs is 5. The first-order valence-corrected chi connectivity index (χ1v) is 10.7. The summed E-state index contributed by atoms with van der Waals surface area (Å²) in [6, 6.07) is -1.01. The number of rotatable bonds is 2. The molecular weight excluding hydrogens is 405 g/mol. The average Bonchev–Trinajstić information content (AvgIpc) is 2.92. The maximum atomic E-state index is 16.7. The minimum absolute atomic E-state index is 0.0233. The molecule has 1 N–H and O–H groups in total. The maximum absolute atomic E-state index is 16.7. The number of allylic oxidation sites excluding steroid dienone is 4. The van der Waals surface area contributed by atoms with E-state index < -0.39 is 69.2 Å². The summed E-state index contributed by atoms with van der Waals surface area (Å²) in [6.07, 6.45) is 1.43. The van der Waals surface area contributed by atoms with Gasteiger partial charge in [-0.15, -0.1) is 0 Å². The first kappa shape index (κ1) is 20.8. The second kappa shape index (κ2) is 6.30. The molecular formula is C21H23F3O4S. The molecule has 0 aromatic heterocycles. The fourth-order valence-electron chi connectivity index (χ4n) is 6.44. The summed E-state index contributed by atoms with van der Waals surface area (Å²) in [5.41, 5.74) is -7.33. The van der Waals surface area contributed by atoms with Crippen LogP contribution >= 0.6 is 11.8 Å². The van der Waals surface area contributed by atoms with Crippen molar-refractivity contribution in [2.45, 2.75) is 57.0 Å². The molecule has 0 saturated heterocycles. The van der Waals surface area contributed by atoms with Gasteiger partial charge in [-0.2, -0.15) is 0 Å². The number of hydrogen-bond acceptors (Lipinski definition) is 5. The van der Waals surface area contributed by atoms with Crippen molar-refractivity contribution in [3.05, 3.63) is 23.8 Å². The third kappa shape index (κ3) is 2.36. The van der Waals surface area contributed by atoms with Gasteiger partial charge in [-0.05, 0) is 49.8 Å². The van der Waals surface area contributed by atoms with Crippen molar-refractivity contribution in [2.75, 3.05) is 6.01 Å². The number of Topliss-reactive ketones (excluding diaryl/α,β-unsaturated/α-hetero) is 1. The van der Waals surface area contributed by atoms with Gasteiger partial charge in [0.2, 0.25) is 5.12 Å². The van der Waals surface area contributed by atoms with Gasteiger partial charge in [-0.1, -0.05) is 24.8 Å². The van der Waals surface area contributed by atoms with Gasteiger partial charge < -0.3 is 5.11 Å². The molecule has 8 heteroatoms. The predicted octanol–water partition coefficient (Wildman–Crippen LogP) is 3.43. The predicted molar refractivity (Wildman–Crippen MR) is 101 cm³/mol. The normalized spacial score (nSPS) is 48.6. The Balaban J connectivity index is 1.82. The number of halogens is 3. The van der Waals surface area contributed by atoms with Crippen LogP contribution in [0.15, 0.2) is 23.8 Å². The standard InChI is InChI=1S/C21H23F3O4S/c1-18-5-3-11(25)7-14(18)15(23)8-13-12-4-6-20(28,17(27)29-10-22)19(12,2)9-16(26)21(13,18)24/h3,5,7,12-13,15,28H,4,6,8-10H2,1-2H3/t12-,13-,15-,18-,19-,20-,21-/m0/s1. The first-order chi connectivity index (χ1) is 13.5. The van der Waals surface area contributed by atoms with Crippen LogP contribution in [0.3, 0.4) is 0 Å². The fourth-order valence-corrected chi connectivity index (χ4v) is 7.12. The lowest BCUT2D eigenvalue weighted by atomic mass is 9.45. The van der Waals surface area contributed by atoms with E-state index in [1.165, 1.54) is 13.0 Å². The molecule has 3 fully saturated rings. The molecule has 0 heterocycles. The maximum Gasteiger partial charge on any atom is 0.223 e. The minimum atomic E-state index is -2.44. The lowest BCUT2D eigenvalue weighted by Gasteiger charge is -2.60. The molecule has 4 rings (SSSR count). The molecule has 4 nitrogen and oxygen atoms in total. The molecule has 0 aromatic rings. The molecule has 0 radical (unpaired) electrons. The van der Waals surface area contributed by atoms with Crippen LogP contribution in [-0.4, -0.2) is 45.2 Å². The lowest BCUT2D eigenvalue weighted by molar-refractivity contribution is -0.183. The van der Waals surface area contributed by atoms with E-state index in [0.717, 1.165) is 12.2 Å². The fraction of sp³-hybridized carbons (Fsp3) is 0.667. The first-order valence-electron chi connectivity index (χ1n) is 9.73. The van der Waals surface area contributed by atoms with Crippen LogP contribution in [-0.2, 0) is 14.4 Å². The van der Waals surface area contributed by atoms with Crippen LogP contribution in [0.5, 0.6) is 0 Å². The Hall–Kier alpha value is -1.41. The van der Waals surface area contributed by atoms with Crippen LogP contribution < -0.4 is 0 Å². The molecule has 29 heavy (non-hydrogen) atoms. The number of carbonyl (C=O) groups is 3. The molecule has 7 atom stereocenters. The van der Waals surface area contributed by atoms with Crippen molar-refractivity contribution in [3.63, 3.8) is 0 Å². The quantitative estimate of drug-likeness (QED) is 0.730. The summed E-state index contributed by atoms with van der Waals surface area (Å²) in [6.45, 7) is 2.99. The van der Waals surface area contributed by atoms with Crippen molar-refractivity contribution < 1.29 is 32.7 Å². The van der Waals surface area contributed by atoms with E-state index in [2.05, 4.69) is 0 Å². The van der Waals surface area contributed by atoms with Gasteiger partial charge >= 0.3 is 0 Å². The Bertz CT molecular complexity index is 872. The van der Waals surface area contributed by atoms with E-state index in [-0.39, 0.29) is 24.8 Å². The zero-order chi connectivity index (χ0) is 21.4. The molecule has 0 unspecified atom stereocenters. The largest absolute Gasteiger partial charge is 0.381 e. The molecule has 0 amide bonds. The van der Waals surface area contributed by atoms with Crippen molar-refractivity contribution in [1.29, 1.82) is 0 Å². The number of hydrogen-bond donors (Lipinski definition) is 1. The monoisotopic (exact) mass is 428 g/mol. The summed E-state index contributed by atoms with van der Waals surface area (Å²) in [7, 11) is 0. The summed E-state index contributed by atoms with van der Waals surface area (Å²) < 4.78 is 44.6. The molecule has 0 aromatic carbocycles. The highest BCUT2D eigenvalue weighted by atomic mass is 32.2. The van der Waals surface area contributed by atoms with Crippen LogP contribution in [0.4, 0.5) is 13.2 Å². The molecule has 158 valence electrons. The van der Waals surface area contributed by atoms with Gasteiger partial charge in [0.25, 0.3) is 0 Å². The summed E-state index contributed by atoms with van der Waals surface area (Å²) in [4.78, 5) is 37.5. The Morgan fingerprint density at radius 2 is 2.00 bits per heavy atom.